The number of nitrogens with one attached hydrogen (secondary N) is 4. The molecule has 13 heteroatoms. The molecule has 4 unspecified atom stereocenters. The van der Waals surface area contributed by atoms with Crippen molar-refractivity contribution in [3.05, 3.63) is 36.0 Å². The maximum Gasteiger partial charge on any atom is 0.326 e. The van der Waals surface area contributed by atoms with Crippen LogP contribution in [0.4, 0.5) is 0 Å². The number of carboxylic acids is 2. The number of aliphatic carboxylic acids is 2. The summed E-state index contributed by atoms with van der Waals surface area (Å²) >= 11 is 4.06. The molecule has 0 aliphatic rings. The molecule has 1 aromatic carbocycles. The normalized spacial score (nSPS) is 14.4. The van der Waals surface area contributed by atoms with Gasteiger partial charge in [-0.1, -0.05) is 32.0 Å². The summed E-state index contributed by atoms with van der Waals surface area (Å²) in [5.74, 6) is -5.18. The molecular formula is C24H33N5O7S. The van der Waals surface area contributed by atoms with Gasteiger partial charge in [-0.15, -0.1) is 0 Å². The standard InChI is InChI=1S/C24H33N5O7S/c1-12(2)7-15(25)21(32)29-19(11-37)23(34)27-17(9-20(30)31)22(33)28-18(24(35)36)8-13-10-26-16-6-4-3-5-14(13)16/h3-6,10,12,15,17-19,26,37H,7-9,11,25H2,1-2H3,(H,27,34)(H,28,33)(H,29,32)(H,30,31)(H,35,36). The molecule has 0 aliphatic heterocycles. The molecule has 0 bridgehead atoms. The van der Waals surface area contributed by atoms with Crippen molar-refractivity contribution in [2.75, 3.05) is 5.75 Å². The number of thiol groups is 1. The van der Waals surface area contributed by atoms with Gasteiger partial charge >= 0.3 is 11.9 Å². The Morgan fingerprint density at radius 1 is 0.946 bits per heavy atom. The number of H-pyrrole nitrogens is 1. The van der Waals surface area contributed by atoms with Crippen LogP contribution in [0.3, 0.4) is 0 Å². The number of carbonyl (C=O) groups excluding carboxylic acids is 3. The Kier molecular flexibility index (Phi) is 10.9. The predicted octanol–water partition coefficient (Wildman–Crippen LogP) is 0.0273. The van der Waals surface area contributed by atoms with Crippen LogP contribution >= 0.6 is 12.6 Å². The van der Waals surface area contributed by atoms with Crippen molar-refractivity contribution < 1.29 is 34.2 Å². The fourth-order valence-corrected chi connectivity index (χ4v) is 3.99. The van der Waals surface area contributed by atoms with E-state index < -0.39 is 60.2 Å². The van der Waals surface area contributed by atoms with E-state index in [4.69, 9.17) is 5.73 Å². The lowest BCUT2D eigenvalue weighted by atomic mass is 10.0. The van der Waals surface area contributed by atoms with Crippen LogP contribution in [-0.2, 0) is 30.4 Å². The first-order valence-corrected chi connectivity index (χ1v) is 12.3. The molecule has 0 fully saturated rings. The van der Waals surface area contributed by atoms with E-state index >= 15 is 0 Å². The summed E-state index contributed by atoms with van der Waals surface area (Å²) in [5.41, 5.74) is 7.27. The van der Waals surface area contributed by atoms with Crippen molar-refractivity contribution in [1.29, 1.82) is 0 Å². The van der Waals surface area contributed by atoms with Gasteiger partial charge in [-0.3, -0.25) is 19.2 Å². The molecule has 202 valence electrons. The lowest BCUT2D eigenvalue weighted by Crippen LogP contribution is -2.58. The number of carboxylic acid groups (broad SMARTS) is 2. The minimum atomic E-state index is -1.60. The minimum absolute atomic E-state index is 0.0815. The predicted molar refractivity (Wildman–Crippen MR) is 139 cm³/mol. The summed E-state index contributed by atoms with van der Waals surface area (Å²) in [7, 11) is 0. The number of amides is 3. The lowest BCUT2D eigenvalue weighted by Gasteiger charge is -2.24. The van der Waals surface area contributed by atoms with Crippen molar-refractivity contribution in [2.24, 2.45) is 11.7 Å². The number of benzene rings is 1. The maximum absolute atomic E-state index is 12.9. The molecule has 2 rings (SSSR count). The zero-order chi connectivity index (χ0) is 27.7. The molecule has 4 atom stereocenters. The minimum Gasteiger partial charge on any atom is -0.481 e. The van der Waals surface area contributed by atoms with E-state index in [1.165, 1.54) is 0 Å². The highest BCUT2D eigenvalue weighted by atomic mass is 32.1. The largest absolute Gasteiger partial charge is 0.481 e. The second kappa shape index (κ2) is 13.7. The second-order valence-electron chi connectivity index (χ2n) is 9.10. The number of rotatable bonds is 14. The molecule has 0 radical (unpaired) electrons. The van der Waals surface area contributed by atoms with E-state index in [-0.39, 0.29) is 18.1 Å². The average molecular weight is 536 g/mol. The number of hydrogen-bond donors (Lipinski definition) is 8. The van der Waals surface area contributed by atoms with Gasteiger partial charge in [-0.05, 0) is 24.0 Å². The zero-order valence-electron chi connectivity index (χ0n) is 20.6. The number of aromatic nitrogens is 1. The monoisotopic (exact) mass is 535 g/mol. The van der Waals surface area contributed by atoms with E-state index in [9.17, 15) is 34.2 Å². The van der Waals surface area contributed by atoms with Crippen LogP contribution in [0, 0.1) is 5.92 Å². The summed E-state index contributed by atoms with van der Waals surface area (Å²) in [4.78, 5) is 64.3. The van der Waals surface area contributed by atoms with Gasteiger partial charge in [0.2, 0.25) is 17.7 Å². The Bertz CT molecular complexity index is 1140. The maximum atomic E-state index is 12.9. The SMILES string of the molecule is CC(C)CC(N)C(=O)NC(CS)C(=O)NC(CC(=O)O)C(=O)NC(Cc1c[nH]c2ccccc12)C(=O)O. The van der Waals surface area contributed by atoms with Crippen LogP contribution in [0.15, 0.2) is 30.5 Å². The van der Waals surface area contributed by atoms with Crippen LogP contribution in [-0.4, -0.2) is 74.8 Å². The third kappa shape index (κ3) is 8.79. The van der Waals surface area contributed by atoms with Gasteiger partial charge in [0.15, 0.2) is 0 Å². The zero-order valence-corrected chi connectivity index (χ0v) is 21.5. The molecule has 1 aromatic heterocycles. The van der Waals surface area contributed by atoms with Crippen LogP contribution in [0.1, 0.15) is 32.3 Å². The highest BCUT2D eigenvalue weighted by Crippen LogP contribution is 2.19. The first-order chi connectivity index (χ1) is 17.4. The number of carbonyl (C=O) groups is 5. The Morgan fingerprint density at radius 3 is 2.14 bits per heavy atom. The van der Waals surface area contributed by atoms with Gasteiger partial charge in [0.05, 0.1) is 12.5 Å². The summed E-state index contributed by atoms with van der Waals surface area (Å²) in [6, 6.07) is 2.17. The molecule has 8 N–H and O–H groups in total. The quantitative estimate of drug-likeness (QED) is 0.155. The van der Waals surface area contributed by atoms with Crippen molar-refractivity contribution in [2.45, 2.75) is 57.3 Å². The van der Waals surface area contributed by atoms with E-state index in [1.54, 1.807) is 18.3 Å². The molecular weight excluding hydrogens is 502 g/mol. The highest BCUT2D eigenvalue weighted by molar-refractivity contribution is 7.80. The van der Waals surface area contributed by atoms with Gasteiger partial charge in [0.1, 0.15) is 18.1 Å². The van der Waals surface area contributed by atoms with Gasteiger partial charge in [0.25, 0.3) is 0 Å². The topological polar surface area (TPSA) is 204 Å². The molecule has 37 heavy (non-hydrogen) atoms. The Balaban J connectivity index is 2.12. The van der Waals surface area contributed by atoms with Gasteiger partial charge in [0, 0.05) is 29.3 Å². The van der Waals surface area contributed by atoms with E-state index in [0.29, 0.717) is 12.0 Å². The van der Waals surface area contributed by atoms with Crippen molar-refractivity contribution in [3.8, 4) is 0 Å². The first-order valence-electron chi connectivity index (χ1n) is 11.7. The molecule has 0 aliphatic carbocycles. The molecule has 0 saturated heterocycles. The Labute approximate surface area is 219 Å². The fourth-order valence-electron chi connectivity index (χ4n) is 3.74. The number of para-hydroxylation sites is 1. The van der Waals surface area contributed by atoms with Crippen LogP contribution in [0.25, 0.3) is 10.9 Å². The van der Waals surface area contributed by atoms with Gasteiger partial charge in [-0.25, -0.2) is 4.79 Å². The molecule has 3 amide bonds. The molecule has 1 heterocycles. The fraction of sp³-hybridized carbons (Fsp3) is 0.458. The van der Waals surface area contributed by atoms with E-state index in [1.807, 2.05) is 26.0 Å². The summed E-state index contributed by atoms with van der Waals surface area (Å²) in [5, 5.41) is 26.8. The van der Waals surface area contributed by atoms with Crippen molar-refractivity contribution in [1.82, 2.24) is 20.9 Å². The smallest absolute Gasteiger partial charge is 0.326 e. The molecule has 2 aromatic rings. The number of aromatic amines is 1. The van der Waals surface area contributed by atoms with Gasteiger partial charge < -0.3 is 36.9 Å². The highest BCUT2D eigenvalue weighted by Gasteiger charge is 2.31. The number of fused-ring (bicyclic) bond motifs is 1. The molecule has 0 saturated carbocycles. The lowest BCUT2D eigenvalue weighted by molar-refractivity contribution is -0.143. The van der Waals surface area contributed by atoms with Crippen LogP contribution in [0.5, 0.6) is 0 Å². The Morgan fingerprint density at radius 2 is 1.54 bits per heavy atom. The number of nitrogens with two attached hydrogens (primary N) is 1. The number of hydrogen-bond acceptors (Lipinski definition) is 7. The molecule has 0 spiro atoms. The second-order valence-corrected chi connectivity index (χ2v) is 9.47. The van der Waals surface area contributed by atoms with Crippen molar-refractivity contribution >= 4 is 53.2 Å². The summed E-state index contributed by atoms with van der Waals surface area (Å²) in [6.45, 7) is 3.77. The third-order valence-electron chi connectivity index (χ3n) is 5.60. The summed E-state index contributed by atoms with van der Waals surface area (Å²) < 4.78 is 0. The first kappa shape index (κ1) is 29.6. The van der Waals surface area contributed by atoms with Crippen molar-refractivity contribution in [3.63, 3.8) is 0 Å². The third-order valence-corrected chi connectivity index (χ3v) is 5.97. The van der Waals surface area contributed by atoms with Gasteiger partial charge in [-0.2, -0.15) is 12.6 Å². The average Bonchev–Trinajstić information content (AvgIpc) is 3.23. The van der Waals surface area contributed by atoms with E-state index in [2.05, 4.69) is 33.6 Å². The molecule has 12 nitrogen and oxygen atoms in total. The Hall–Kier alpha value is -3.58. The van der Waals surface area contributed by atoms with Crippen LogP contribution in [0.2, 0.25) is 0 Å². The van der Waals surface area contributed by atoms with Crippen LogP contribution < -0.4 is 21.7 Å². The van der Waals surface area contributed by atoms with E-state index in [0.717, 1.165) is 10.9 Å². The summed E-state index contributed by atoms with van der Waals surface area (Å²) in [6.07, 6.45) is 1.12.